The quantitative estimate of drug-likeness (QED) is 0.903. The van der Waals surface area contributed by atoms with Gasteiger partial charge in [0.2, 0.25) is 0 Å². The minimum atomic E-state index is 0.0778. The van der Waals surface area contributed by atoms with E-state index in [2.05, 4.69) is 20.5 Å². The zero-order chi connectivity index (χ0) is 15.5. The molecule has 1 aliphatic heterocycles. The number of nitrogens with zero attached hydrogens (tertiary/aromatic N) is 3. The van der Waals surface area contributed by atoms with Gasteiger partial charge in [-0.1, -0.05) is 12.1 Å². The van der Waals surface area contributed by atoms with E-state index in [0.29, 0.717) is 17.4 Å². The van der Waals surface area contributed by atoms with E-state index in [4.69, 9.17) is 0 Å². The average Bonchev–Trinajstić information content (AvgIpc) is 3.01. The van der Waals surface area contributed by atoms with Crippen molar-refractivity contribution in [2.45, 2.75) is 25.8 Å². The Hall–Kier alpha value is -2.21. The molecule has 2 aromatic rings. The highest BCUT2D eigenvalue weighted by Crippen LogP contribution is 2.19. The first-order valence-corrected chi connectivity index (χ1v) is 7.63. The van der Waals surface area contributed by atoms with Crippen LogP contribution in [0.4, 0.5) is 0 Å². The number of aromatic nitrogens is 3. The van der Waals surface area contributed by atoms with Gasteiger partial charge in [0, 0.05) is 30.3 Å². The summed E-state index contributed by atoms with van der Waals surface area (Å²) < 4.78 is 0. The van der Waals surface area contributed by atoms with Gasteiger partial charge in [0.15, 0.2) is 5.82 Å². The van der Waals surface area contributed by atoms with Crippen LogP contribution < -0.4 is 5.32 Å². The van der Waals surface area contributed by atoms with Crippen molar-refractivity contribution in [3.8, 4) is 11.4 Å². The number of carbonyl (C=O) groups is 1. The maximum absolute atomic E-state index is 12.7. The third-order valence-corrected chi connectivity index (χ3v) is 4.08. The lowest BCUT2D eigenvalue weighted by Crippen LogP contribution is -2.46. The van der Waals surface area contributed by atoms with E-state index in [9.17, 15) is 4.79 Å². The van der Waals surface area contributed by atoms with Crippen molar-refractivity contribution in [1.29, 1.82) is 0 Å². The molecule has 1 aromatic carbocycles. The number of hydrogen-bond donors (Lipinski definition) is 2. The monoisotopic (exact) mass is 299 g/mol. The lowest BCUT2D eigenvalue weighted by atomic mass is 10.0. The average molecular weight is 299 g/mol. The molecule has 0 bridgehead atoms. The van der Waals surface area contributed by atoms with Crippen LogP contribution in [-0.4, -0.2) is 52.2 Å². The van der Waals surface area contributed by atoms with Crippen LogP contribution in [0.25, 0.3) is 11.4 Å². The van der Waals surface area contributed by atoms with Gasteiger partial charge in [0.05, 0.1) is 0 Å². The van der Waals surface area contributed by atoms with Crippen LogP contribution in [-0.2, 0) is 0 Å². The third kappa shape index (κ3) is 3.01. The summed E-state index contributed by atoms with van der Waals surface area (Å²) in [6, 6.07) is 7.92. The number of benzene rings is 1. The molecule has 2 heterocycles. The predicted molar refractivity (Wildman–Crippen MR) is 84.5 cm³/mol. The second-order valence-electron chi connectivity index (χ2n) is 5.70. The smallest absolute Gasteiger partial charge is 0.253 e. The van der Waals surface area contributed by atoms with Crippen LogP contribution in [0.3, 0.4) is 0 Å². The number of aromatic amines is 1. The molecule has 0 unspecified atom stereocenters. The van der Waals surface area contributed by atoms with Crippen LogP contribution >= 0.6 is 0 Å². The van der Waals surface area contributed by atoms with Gasteiger partial charge in [0.1, 0.15) is 5.82 Å². The van der Waals surface area contributed by atoms with Crippen LogP contribution in [0.5, 0.6) is 0 Å². The fraction of sp³-hybridized carbons (Fsp3) is 0.438. The molecule has 1 saturated heterocycles. The van der Waals surface area contributed by atoms with E-state index in [0.717, 1.165) is 37.3 Å². The number of nitrogens with one attached hydrogen (secondary N) is 2. The van der Waals surface area contributed by atoms with Gasteiger partial charge in [-0.05, 0) is 38.9 Å². The van der Waals surface area contributed by atoms with Crippen molar-refractivity contribution >= 4 is 5.91 Å². The number of likely N-dealkylation sites (tertiary alicyclic amines) is 1. The summed E-state index contributed by atoms with van der Waals surface area (Å²) in [6.45, 7) is 3.44. The van der Waals surface area contributed by atoms with Crippen molar-refractivity contribution in [2.24, 2.45) is 0 Å². The SMILES string of the molecule is CN[C@H]1CCCN(C(=O)c2cccc(-c3n[nH]c(C)n3)c2)C1. The van der Waals surface area contributed by atoms with Gasteiger partial charge >= 0.3 is 0 Å². The van der Waals surface area contributed by atoms with Gasteiger partial charge in [0.25, 0.3) is 5.91 Å². The Balaban J connectivity index is 1.81. The normalized spacial score (nSPS) is 18.5. The summed E-state index contributed by atoms with van der Waals surface area (Å²) in [6.07, 6.45) is 2.16. The Morgan fingerprint density at radius 3 is 3.05 bits per heavy atom. The number of aryl methyl sites for hydroxylation is 1. The molecule has 1 fully saturated rings. The molecule has 1 aromatic heterocycles. The summed E-state index contributed by atoms with van der Waals surface area (Å²) in [4.78, 5) is 18.9. The molecule has 0 spiro atoms. The summed E-state index contributed by atoms with van der Waals surface area (Å²) in [7, 11) is 1.95. The first-order valence-electron chi connectivity index (χ1n) is 7.63. The molecule has 2 N–H and O–H groups in total. The number of rotatable bonds is 3. The lowest BCUT2D eigenvalue weighted by Gasteiger charge is -2.32. The zero-order valence-corrected chi connectivity index (χ0v) is 13.0. The number of hydrogen-bond acceptors (Lipinski definition) is 4. The van der Waals surface area contributed by atoms with E-state index in [1.807, 2.05) is 43.1 Å². The minimum Gasteiger partial charge on any atom is -0.337 e. The van der Waals surface area contributed by atoms with Crippen molar-refractivity contribution in [3.63, 3.8) is 0 Å². The first kappa shape index (κ1) is 14.7. The standard InChI is InChI=1S/C16H21N5O/c1-11-18-15(20-19-11)12-5-3-6-13(9-12)16(22)21-8-4-7-14(10-21)17-2/h3,5-6,9,14,17H,4,7-8,10H2,1-2H3,(H,18,19,20)/t14-/m0/s1. The second kappa shape index (κ2) is 6.27. The molecule has 22 heavy (non-hydrogen) atoms. The highest BCUT2D eigenvalue weighted by molar-refractivity contribution is 5.95. The number of amides is 1. The molecule has 1 atom stereocenters. The molecule has 3 rings (SSSR count). The van der Waals surface area contributed by atoms with Crippen LogP contribution in [0, 0.1) is 6.92 Å². The van der Waals surface area contributed by atoms with E-state index in [1.54, 1.807) is 0 Å². The molecular weight excluding hydrogens is 278 g/mol. The number of carbonyl (C=O) groups excluding carboxylic acids is 1. The largest absolute Gasteiger partial charge is 0.337 e. The molecule has 0 radical (unpaired) electrons. The highest BCUT2D eigenvalue weighted by atomic mass is 16.2. The number of H-pyrrole nitrogens is 1. The Morgan fingerprint density at radius 2 is 2.32 bits per heavy atom. The van der Waals surface area contributed by atoms with E-state index in [-0.39, 0.29) is 5.91 Å². The van der Waals surface area contributed by atoms with E-state index < -0.39 is 0 Å². The summed E-state index contributed by atoms with van der Waals surface area (Å²) in [5.74, 6) is 1.47. The van der Waals surface area contributed by atoms with Crippen LogP contribution in [0.1, 0.15) is 29.0 Å². The molecule has 0 aliphatic carbocycles. The molecule has 6 nitrogen and oxygen atoms in total. The highest BCUT2D eigenvalue weighted by Gasteiger charge is 2.23. The van der Waals surface area contributed by atoms with Crippen molar-refractivity contribution in [1.82, 2.24) is 25.4 Å². The van der Waals surface area contributed by atoms with Crippen molar-refractivity contribution in [2.75, 3.05) is 20.1 Å². The third-order valence-electron chi connectivity index (χ3n) is 4.08. The van der Waals surface area contributed by atoms with E-state index >= 15 is 0 Å². The molecule has 0 saturated carbocycles. The lowest BCUT2D eigenvalue weighted by molar-refractivity contribution is 0.0698. The maximum Gasteiger partial charge on any atom is 0.253 e. The van der Waals surface area contributed by atoms with Gasteiger partial charge in [-0.15, -0.1) is 0 Å². The fourth-order valence-electron chi connectivity index (χ4n) is 2.84. The minimum absolute atomic E-state index is 0.0778. The van der Waals surface area contributed by atoms with Crippen LogP contribution in [0.2, 0.25) is 0 Å². The molecule has 6 heteroatoms. The van der Waals surface area contributed by atoms with Crippen molar-refractivity contribution in [3.05, 3.63) is 35.7 Å². The summed E-state index contributed by atoms with van der Waals surface area (Å²) in [5.41, 5.74) is 1.55. The van der Waals surface area contributed by atoms with Gasteiger partial charge in [-0.3, -0.25) is 9.89 Å². The zero-order valence-electron chi connectivity index (χ0n) is 13.0. The summed E-state index contributed by atoms with van der Waals surface area (Å²) in [5, 5.41) is 10.2. The Labute approximate surface area is 129 Å². The second-order valence-corrected chi connectivity index (χ2v) is 5.70. The van der Waals surface area contributed by atoms with E-state index in [1.165, 1.54) is 0 Å². The van der Waals surface area contributed by atoms with Gasteiger partial charge in [-0.2, -0.15) is 5.10 Å². The van der Waals surface area contributed by atoms with Gasteiger partial charge in [-0.25, -0.2) is 4.98 Å². The Bertz CT molecular complexity index is 666. The van der Waals surface area contributed by atoms with Crippen LogP contribution in [0.15, 0.2) is 24.3 Å². The molecular formula is C16H21N5O. The number of likely N-dealkylation sites (N-methyl/N-ethyl adjacent to an activating group) is 1. The van der Waals surface area contributed by atoms with Gasteiger partial charge < -0.3 is 10.2 Å². The Morgan fingerprint density at radius 1 is 1.45 bits per heavy atom. The number of piperidine rings is 1. The maximum atomic E-state index is 12.7. The molecule has 1 amide bonds. The molecule has 1 aliphatic rings. The topological polar surface area (TPSA) is 73.9 Å². The first-order chi connectivity index (χ1) is 10.7. The summed E-state index contributed by atoms with van der Waals surface area (Å²) >= 11 is 0. The molecule has 116 valence electrons. The fourth-order valence-corrected chi connectivity index (χ4v) is 2.84. The Kier molecular flexibility index (Phi) is 4.20. The van der Waals surface area contributed by atoms with Crippen molar-refractivity contribution < 1.29 is 4.79 Å². The predicted octanol–water partition coefficient (Wildman–Crippen LogP) is 1.60.